The van der Waals surface area contributed by atoms with Crippen molar-refractivity contribution in [2.75, 3.05) is 0 Å². The second-order valence-corrected chi connectivity index (χ2v) is 3.42. The zero-order chi connectivity index (χ0) is 9.14. The average molecular weight is 248 g/mol. The van der Waals surface area contributed by atoms with Crippen molar-refractivity contribution in [3.63, 3.8) is 0 Å². The number of halogens is 1. The topological polar surface area (TPSA) is 43.1 Å². The maximum atomic E-state index is 10.4. The van der Waals surface area contributed by atoms with E-state index in [2.05, 4.69) is 28.6 Å². The molecule has 64 valence electrons. The fourth-order valence-corrected chi connectivity index (χ4v) is 1.52. The molecule has 0 aliphatic heterocycles. The van der Waals surface area contributed by atoms with Crippen LogP contribution in [0.15, 0.2) is 22.7 Å². The molecule has 0 amide bonds. The Balaban J connectivity index is 3.20. The second kappa shape index (κ2) is 3.91. The van der Waals surface area contributed by atoms with Crippen LogP contribution < -0.4 is 0 Å². The highest BCUT2D eigenvalue weighted by atomic mass is 79.9. The van der Waals surface area contributed by atoms with E-state index in [9.17, 15) is 10.1 Å². The van der Waals surface area contributed by atoms with E-state index in [-0.39, 0.29) is 5.69 Å². The van der Waals surface area contributed by atoms with Gasteiger partial charge >= 0.3 is 0 Å². The lowest BCUT2D eigenvalue weighted by Crippen LogP contribution is -1.92. The number of thiol groups is 1. The third-order valence-corrected chi connectivity index (χ3v) is 2.24. The summed E-state index contributed by atoms with van der Waals surface area (Å²) in [4.78, 5) is 10.0. The van der Waals surface area contributed by atoms with Crippen molar-refractivity contribution < 1.29 is 4.92 Å². The lowest BCUT2D eigenvalue weighted by atomic mass is 10.2. The van der Waals surface area contributed by atoms with Crippen LogP contribution in [0.25, 0.3) is 0 Å². The van der Waals surface area contributed by atoms with Crippen molar-refractivity contribution in [2.24, 2.45) is 0 Å². The lowest BCUT2D eigenvalue weighted by Gasteiger charge is -1.98. The summed E-state index contributed by atoms with van der Waals surface area (Å²) in [5.74, 6) is 0.371. The smallest absolute Gasteiger partial charge is 0.258 e. The normalized spacial score (nSPS) is 9.83. The molecule has 0 fully saturated rings. The van der Waals surface area contributed by atoms with Crippen molar-refractivity contribution in [3.8, 4) is 0 Å². The summed E-state index contributed by atoms with van der Waals surface area (Å²) in [5.41, 5.74) is 0.742. The number of benzene rings is 1. The molecule has 0 unspecified atom stereocenters. The molecule has 3 nitrogen and oxygen atoms in total. The molecule has 0 N–H and O–H groups in total. The number of hydrogen-bond acceptors (Lipinski definition) is 3. The molecule has 0 radical (unpaired) electrons. The van der Waals surface area contributed by atoms with Crippen LogP contribution in [-0.4, -0.2) is 4.92 Å². The van der Waals surface area contributed by atoms with Crippen LogP contribution >= 0.6 is 28.6 Å². The van der Waals surface area contributed by atoms with Crippen molar-refractivity contribution in [1.29, 1.82) is 0 Å². The number of nitrogens with zero attached hydrogens (tertiary/aromatic N) is 1. The van der Waals surface area contributed by atoms with E-state index >= 15 is 0 Å². The van der Waals surface area contributed by atoms with Crippen LogP contribution in [0.2, 0.25) is 0 Å². The summed E-state index contributed by atoms with van der Waals surface area (Å²) in [7, 11) is 0. The molecule has 1 rings (SSSR count). The Hall–Kier alpha value is -0.550. The predicted molar refractivity (Wildman–Crippen MR) is 53.5 cm³/mol. The van der Waals surface area contributed by atoms with Gasteiger partial charge in [-0.05, 0) is 12.1 Å². The quantitative estimate of drug-likeness (QED) is 0.496. The third kappa shape index (κ3) is 1.98. The predicted octanol–water partition coefficient (Wildman–Crippen LogP) is 2.79. The van der Waals surface area contributed by atoms with Gasteiger partial charge in [-0.3, -0.25) is 10.1 Å². The van der Waals surface area contributed by atoms with Gasteiger partial charge in [0.25, 0.3) is 5.69 Å². The summed E-state index contributed by atoms with van der Waals surface area (Å²) in [6, 6.07) is 4.81. The van der Waals surface area contributed by atoms with Crippen LogP contribution in [0.4, 0.5) is 5.69 Å². The van der Waals surface area contributed by atoms with E-state index in [0.717, 1.165) is 4.47 Å². The Labute approximate surface area is 83.5 Å². The summed E-state index contributed by atoms with van der Waals surface area (Å²) in [6.07, 6.45) is 0. The Kier molecular flexibility index (Phi) is 3.11. The molecule has 0 saturated heterocycles. The van der Waals surface area contributed by atoms with Gasteiger partial charge in [-0.25, -0.2) is 0 Å². The highest BCUT2D eigenvalue weighted by Gasteiger charge is 2.11. The van der Waals surface area contributed by atoms with Crippen LogP contribution in [0.5, 0.6) is 0 Å². The maximum Gasteiger partial charge on any atom is 0.273 e. The monoisotopic (exact) mass is 247 g/mol. The summed E-state index contributed by atoms with van der Waals surface area (Å²) in [5, 5.41) is 10.4. The number of hydrogen-bond donors (Lipinski definition) is 1. The number of rotatable bonds is 2. The fourth-order valence-electron chi connectivity index (χ4n) is 0.859. The van der Waals surface area contributed by atoms with Gasteiger partial charge in [0.2, 0.25) is 0 Å². The van der Waals surface area contributed by atoms with Gasteiger partial charge in [-0.15, -0.1) is 0 Å². The molecule has 0 atom stereocenters. The highest BCUT2D eigenvalue weighted by Crippen LogP contribution is 2.23. The molecule has 1 aromatic carbocycles. The molecule has 0 spiro atoms. The minimum absolute atomic E-state index is 0.119. The molecule has 0 aliphatic carbocycles. The minimum Gasteiger partial charge on any atom is -0.258 e. The molecule has 1 aromatic rings. The standard InChI is InChI=1S/C7H6BrNO2S/c8-6-1-2-7(9(10)11)5(3-6)4-12/h1-3,12H,4H2. The summed E-state index contributed by atoms with van der Waals surface area (Å²) < 4.78 is 0.831. The minimum atomic E-state index is -0.405. The van der Waals surface area contributed by atoms with Gasteiger partial charge in [0.15, 0.2) is 0 Å². The summed E-state index contributed by atoms with van der Waals surface area (Å²) in [6.45, 7) is 0. The first kappa shape index (κ1) is 9.54. The molecule has 12 heavy (non-hydrogen) atoms. The Morgan fingerprint density at radius 1 is 1.58 bits per heavy atom. The molecule has 5 heteroatoms. The van der Waals surface area contributed by atoms with Crippen LogP contribution in [0, 0.1) is 10.1 Å². The highest BCUT2D eigenvalue weighted by molar-refractivity contribution is 9.10. The van der Waals surface area contributed by atoms with Gasteiger partial charge in [-0.2, -0.15) is 12.6 Å². The first-order chi connectivity index (χ1) is 5.65. The van der Waals surface area contributed by atoms with Crippen LogP contribution in [0.3, 0.4) is 0 Å². The molecule has 0 saturated carbocycles. The van der Waals surface area contributed by atoms with E-state index in [0.29, 0.717) is 11.3 Å². The zero-order valence-electron chi connectivity index (χ0n) is 6.03. The maximum absolute atomic E-state index is 10.4. The molecule has 0 aliphatic rings. The van der Waals surface area contributed by atoms with Gasteiger partial charge in [0.05, 0.1) is 4.92 Å². The van der Waals surface area contributed by atoms with E-state index in [4.69, 9.17) is 0 Å². The van der Waals surface area contributed by atoms with Gasteiger partial charge in [0.1, 0.15) is 0 Å². The average Bonchev–Trinajstić information content (AvgIpc) is 2.03. The Morgan fingerprint density at radius 3 is 2.75 bits per heavy atom. The molecule has 0 bridgehead atoms. The SMILES string of the molecule is O=[N+]([O-])c1ccc(Br)cc1CS. The van der Waals surface area contributed by atoms with Crippen molar-refractivity contribution in [1.82, 2.24) is 0 Å². The van der Waals surface area contributed by atoms with Gasteiger partial charge in [0, 0.05) is 21.9 Å². The molecule has 0 aromatic heterocycles. The van der Waals surface area contributed by atoms with Gasteiger partial charge in [-0.1, -0.05) is 15.9 Å². The number of nitro benzene ring substituents is 1. The third-order valence-electron chi connectivity index (χ3n) is 1.41. The molecular formula is C7H6BrNO2S. The zero-order valence-corrected chi connectivity index (χ0v) is 8.51. The van der Waals surface area contributed by atoms with Gasteiger partial charge < -0.3 is 0 Å². The molecular weight excluding hydrogens is 242 g/mol. The van der Waals surface area contributed by atoms with Crippen molar-refractivity contribution in [2.45, 2.75) is 5.75 Å². The van der Waals surface area contributed by atoms with Crippen molar-refractivity contribution in [3.05, 3.63) is 38.3 Å². The second-order valence-electron chi connectivity index (χ2n) is 2.19. The van der Waals surface area contributed by atoms with Crippen LogP contribution in [-0.2, 0) is 5.75 Å². The van der Waals surface area contributed by atoms with E-state index < -0.39 is 4.92 Å². The first-order valence-electron chi connectivity index (χ1n) is 3.19. The Bertz CT molecular complexity index is 316. The van der Waals surface area contributed by atoms with Crippen LogP contribution in [0.1, 0.15) is 5.56 Å². The largest absolute Gasteiger partial charge is 0.273 e. The fraction of sp³-hybridized carbons (Fsp3) is 0.143. The van der Waals surface area contributed by atoms with E-state index in [1.165, 1.54) is 6.07 Å². The molecule has 0 heterocycles. The van der Waals surface area contributed by atoms with E-state index in [1.807, 2.05) is 0 Å². The van der Waals surface area contributed by atoms with Crippen molar-refractivity contribution >= 4 is 34.2 Å². The first-order valence-corrected chi connectivity index (χ1v) is 4.61. The van der Waals surface area contributed by atoms with E-state index in [1.54, 1.807) is 12.1 Å². The Morgan fingerprint density at radius 2 is 2.25 bits per heavy atom. The summed E-state index contributed by atoms with van der Waals surface area (Å²) >= 11 is 7.23. The number of nitro groups is 1. The lowest BCUT2D eigenvalue weighted by molar-refractivity contribution is -0.385.